The van der Waals surface area contributed by atoms with Crippen LogP contribution in [0.4, 0.5) is 5.69 Å². The van der Waals surface area contributed by atoms with Gasteiger partial charge in [-0.3, -0.25) is 4.79 Å². The summed E-state index contributed by atoms with van der Waals surface area (Å²) in [7, 11) is 0. The molecule has 5 heteroatoms. The zero-order chi connectivity index (χ0) is 15.9. The summed E-state index contributed by atoms with van der Waals surface area (Å²) < 4.78 is 1.01. The van der Waals surface area contributed by atoms with Gasteiger partial charge in [-0.15, -0.1) is 0 Å². The first-order valence-electron chi connectivity index (χ1n) is 6.95. The number of hydrogen-bond acceptors (Lipinski definition) is 3. The summed E-state index contributed by atoms with van der Waals surface area (Å²) in [5.41, 5.74) is 6.34. The highest BCUT2D eigenvalue weighted by molar-refractivity contribution is 9.10. The maximum absolute atomic E-state index is 11.8. The molecule has 0 saturated heterocycles. The average molecular weight is 360 g/mol. The molecule has 0 saturated carbocycles. The Morgan fingerprint density at radius 2 is 1.82 bits per heavy atom. The first kappa shape index (κ1) is 16.2. The second kappa shape index (κ2) is 7.75. The number of benzene rings is 2. The van der Waals surface area contributed by atoms with Gasteiger partial charge in [-0.05, 0) is 43.2 Å². The summed E-state index contributed by atoms with van der Waals surface area (Å²) in [6.07, 6.45) is 0. The molecule has 22 heavy (non-hydrogen) atoms. The van der Waals surface area contributed by atoms with E-state index in [9.17, 15) is 4.79 Å². The van der Waals surface area contributed by atoms with Crippen molar-refractivity contribution in [3.8, 4) is 0 Å². The van der Waals surface area contributed by atoms with Gasteiger partial charge in [0.15, 0.2) is 0 Å². The third-order valence-corrected chi connectivity index (χ3v) is 3.72. The summed E-state index contributed by atoms with van der Waals surface area (Å²) in [6, 6.07) is 15.6. The maximum atomic E-state index is 11.8. The predicted octanol–water partition coefficient (Wildman–Crippen LogP) is 3.71. The molecular formula is C17H18BrN3O. The molecule has 1 amide bonds. The summed E-state index contributed by atoms with van der Waals surface area (Å²) in [6.45, 7) is 4.04. The number of halogens is 1. The van der Waals surface area contributed by atoms with Gasteiger partial charge >= 0.3 is 0 Å². The normalized spacial score (nSPS) is 11.1. The van der Waals surface area contributed by atoms with E-state index in [-0.39, 0.29) is 12.5 Å². The van der Waals surface area contributed by atoms with Crippen molar-refractivity contribution in [3.63, 3.8) is 0 Å². The topological polar surface area (TPSA) is 53.5 Å². The Hall–Kier alpha value is -2.14. The Morgan fingerprint density at radius 1 is 1.14 bits per heavy atom. The minimum Gasteiger partial charge on any atom is -0.376 e. The highest BCUT2D eigenvalue weighted by Gasteiger charge is 2.03. The molecule has 0 heterocycles. The van der Waals surface area contributed by atoms with E-state index in [1.54, 1.807) is 0 Å². The van der Waals surface area contributed by atoms with Crippen molar-refractivity contribution in [1.82, 2.24) is 5.43 Å². The molecule has 0 aliphatic heterocycles. The zero-order valence-corrected chi connectivity index (χ0v) is 14.1. The Bertz CT molecular complexity index is 681. The summed E-state index contributed by atoms with van der Waals surface area (Å²) >= 11 is 3.39. The number of carbonyl (C=O) groups is 1. The van der Waals surface area contributed by atoms with Crippen LogP contribution in [0.25, 0.3) is 0 Å². The van der Waals surface area contributed by atoms with E-state index in [0.717, 1.165) is 27.0 Å². The minimum atomic E-state index is -0.181. The van der Waals surface area contributed by atoms with E-state index < -0.39 is 0 Å². The van der Waals surface area contributed by atoms with Gasteiger partial charge in [-0.1, -0.05) is 46.3 Å². The minimum absolute atomic E-state index is 0.181. The van der Waals surface area contributed by atoms with E-state index in [2.05, 4.69) is 31.8 Å². The van der Waals surface area contributed by atoms with Crippen LogP contribution in [-0.4, -0.2) is 18.2 Å². The quantitative estimate of drug-likeness (QED) is 0.631. The summed E-state index contributed by atoms with van der Waals surface area (Å²) in [5.74, 6) is -0.181. The Morgan fingerprint density at radius 3 is 2.50 bits per heavy atom. The molecule has 0 aromatic heterocycles. The van der Waals surface area contributed by atoms with Crippen LogP contribution in [0.1, 0.15) is 18.1 Å². The van der Waals surface area contributed by atoms with Crippen molar-refractivity contribution in [2.75, 3.05) is 11.9 Å². The lowest BCUT2D eigenvalue weighted by molar-refractivity contribution is -0.119. The fourth-order valence-corrected chi connectivity index (χ4v) is 2.15. The third-order valence-electron chi connectivity index (χ3n) is 3.19. The number of aryl methyl sites for hydroxylation is 1. The molecule has 0 radical (unpaired) electrons. The van der Waals surface area contributed by atoms with Gasteiger partial charge in [0.2, 0.25) is 0 Å². The SMILES string of the molecule is C/C(=N/NC(=O)CNc1ccccc1C)c1ccc(Br)cc1. The second-order valence-corrected chi connectivity index (χ2v) is 5.82. The third kappa shape index (κ3) is 4.70. The Balaban J connectivity index is 1.88. The molecule has 0 bridgehead atoms. The van der Waals surface area contributed by atoms with Crippen molar-refractivity contribution in [3.05, 3.63) is 64.1 Å². The lowest BCUT2D eigenvalue weighted by Crippen LogP contribution is -2.27. The molecule has 2 rings (SSSR count). The highest BCUT2D eigenvalue weighted by atomic mass is 79.9. The molecule has 0 unspecified atom stereocenters. The number of nitrogens with one attached hydrogen (secondary N) is 2. The lowest BCUT2D eigenvalue weighted by atomic mass is 10.1. The van der Waals surface area contributed by atoms with Gasteiger partial charge in [-0.25, -0.2) is 5.43 Å². The molecule has 2 N–H and O–H groups in total. The van der Waals surface area contributed by atoms with Crippen LogP contribution >= 0.6 is 15.9 Å². The molecule has 0 atom stereocenters. The van der Waals surface area contributed by atoms with Gasteiger partial charge < -0.3 is 5.32 Å². The molecule has 4 nitrogen and oxygen atoms in total. The molecular weight excluding hydrogens is 342 g/mol. The van der Waals surface area contributed by atoms with Gasteiger partial charge in [0.1, 0.15) is 0 Å². The Labute approximate surface area is 138 Å². The fraction of sp³-hybridized carbons (Fsp3) is 0.176. The monoisotopic (exact) mass is 359 g/mol. The Kier molecular flexibility index (Phi) is 5.72. The average Bonchev–Trinajstić information content (AvgIpc) is 2.52. The number of rotatable bonds is 5. The highest BCUT2D eigenvalue weighted by Crippen LogP contribution is 2.12. The number of anilines is 1. The smallest absolute Gasteiger partial charge is 0.259 e. The van der Waals surface area contributed by atoms with Crippen molar-refractivity contribution in [2.24, 2.45) is 5.10 Å². The maximum Gasteiger partial charge on any atom is 0.259 e. The predicted molar refractivity (Wildman–Crippen MR) is 94.2 cm³/mol. The number of hydrogen-bond donors (Lipinski definition) is 2. The lowest BCUT2D eigenvalue weighted by Gasteiger charge is -2.08. The van der Waals surface area contributed by atoms with Crippen LogP contribution in [0.2, 0.25) is 0 Å². The van der Waals surface area contributed by atoms with Crippen molar-refractivity contribution < 1.29 is 4.79 Å². The fourth-order valence-electron chi connectivity index (χ4n) is 1.89. The van der Waals surface area contributed by atoms with Crippen molar-refractivity contribution >= 4 is 33.2 Å². The van der Waals surface area contributed by atoms with Crippen LogP contribution < -0.4 is 10.7 Å². The van der Waals surface area contributed by atoms with Crippen LogP contribution in [0.3, 0.4) is 0 Å². The number of hydrazone groups is 1. The van der Waals surface area contributed by atoms with Gasteiger partial charge in [0.05, 0.1) is 12.3 Å². The largest absolute Gasteiger partial charge is 0.376 e. The number of carbonyl (C=O) groups excluding carboxylic acids is 1. The molecule has 0 spiro atoms. The van der Waals surface area contributed by atoms with E-state index >= 15 is 0 Å². The molecule has 2 aromatic rings. The van der Waals surface area contributed by atoms with E-state index in [1.807, 2.05) is 62.4 Å². The van der Waals surface area contributed by atoms with Gasteiger partial charge in [-0.2, -0.15) is 5.10 Å². The molecule has 2 aromatic carbocycles. The van der Waals surface area contributed by atoms with E-state index in [4.69, 9.17) is 0 Å². The first-order valence-corrected chi connectivity index (χ1v) is 7.74. The summed E-state index contributed by atoms with van der Waals surface area (Å²) in [5, 5.41) is 7.22. The van der Waals surface area contributed by atoms with Crippen LogP contribution in [-0.2, 0) is 4.79 Å². The van der Waals surface area contributed by atoms with Gasteiger partial charge in [0, 0.05) is 10.2 Å². The molecule has 0 fully saturated rings. The second-order valence-electron chi connectivity index (χ2n) is 4.91. The van der Waals surface area contributed by atoms with E-state index in [1.165, 1.54) is 0 Å². The number of amides is 1. The summed E-state index contributed by atoms with van der Waals surface area (Å²) in [4.78, 5) is 11.8. The zero-order valence-electron chi connectivity index (χ0n) is 12.6. The number of nitrogens with zero attached hydrogens (tertiary/aromatic N) is 1. The number of para-hydroxylation sites is 1. The van der Waals surface area contributed by atoms with Crippen LogP contribution in [0.5, 0.6) is 0 Å². The first-order chi connectivity index (χ1) is 10.6. The van der Waals surface area contributed by atoms with E-state index in [0.29, 0.717) is 0 Å². The molecule has 0 aliphatic carbocycles. The van der Waals surface area contributed by atoms with Crippen LogP contribution in [0, 0.1) is 6.92 Å². The standard InChI is InChI=1S/C17H18BrN3O/c1-12-5-3-4-6-16(12)19-11-17(22)21-20-13(2)14-7-9-15(18)10-8-14/h3-10,19H,11H2,1-2H3,(H,21,22)/b20-13-. The molecule has 0 aliphatic rings. The molecule has 114 valence electrons. The van der Waals surface area contributed by atoms with Crippen LogP contribution in [0.15, 0.2) is 58.1 Å². The van der Waals surface area contributed by atoms with Gasteiger partial charge in [0.25, 0.3) is 5.91 Å². The van der Waals surface area contributed by atoms with Crippen molar-refractivity contribution in [1.29, 1.82) is 0 Å². The van der Waals surface area contributed by atoms with Crippen molar-refractivity contribution in [2.45, 2.75) is 13.8 Å².